The number of fused-ring (bicyclic) bond motifs is 1. The summed E-state index contributed by atoms with van der Waals surface area (Å²) in [7, 11) is 0. The SMILES string of the molecule is CCC(C(=O)O)N1C(=O)/C(=C\c2cccs2)Oc2cc([N+](=O)[O-])ccc21. The molecule has 0 saturated carbocycles. The van der Waals surface area contributed by atoms with E-state index in [1.807, 2.05) is 5.38 Å². The standard InChI is InChI=1S/C17H14N2O6S/c1-2-12(17(21)22)18-13-6-5-10(19(23)24)8-14(13)25-15(16(18)20)9-11-4-3-7-26-11/h3-9,12H,2H2,1H3,(H,21,22)/b15-9+. The molecule has 3 rings (SSSR count). The maximum atomic E-state index is 12.9. The zero-order valence-corrected chi connectivity index (χ0v) is 14.4. The highest BCUT2D eigenvalue weighted by Crippen LogP contribution is 2.40. The molecule has 1 aliphatic rings. The van der Waals surface area contributed by atoms with Crippen molar-refractivity contribution in [2.24, 2.45) is 0 Å². The molecule has 1 unspecified atom stereocenters. The molecule has 0 saturated heterocycles. The van der Waals surface area contributed by atoms with E-state index in [1.54, 1.807) is 19.1 Å². The quantitative estimate of drug-likeness (QED) is 0.488. The number of ether oxygens (including phenoxy) is 1. The van der Waals surface area contributed by atoms with E-state index in [0.717, 1.165) is 9.78 Å². The molecule has 2 heterocycles. The fraction of sp³-hybridized carbons (Fsp3) is 0.176. The molecule has 1 N–H and O–H groups in total. The minimum Gasteiger partial charge on any atom is -0.480 e. The summed E-state index contributed by atoms with van der Waals surface area (Å²) in [6, 6.07) is 6.19. The number of hydrogen-bond donors (Lipinski definition) is 1. The van der Waals surface area contributed by atoms with Gasteiger partial charge in [0, 0.05) is 17.0 Å². The van der Waals surface area contributed by atoms with Gasteiger partial charge in [0.25, 0.3) is 11.6 Å². The van der Waals surface area contributed by atoms with Crippen molar-refractivity contribution in [1.82, 2.24) is 0 Å². The van der Waals surface area contributed by atoms with Crippen molar-refractivity contribution in [2.45, 2.75) is 19.4 Å². The average molecular weight is 374 g/mol. The minimum absolute atomic E-state index is 0.0707. The molecule has 1 aliphatic heterocycles. The number of nitro benzene ring substituents is 1. The van der Waals surface area contributed by atoms with Crippen molar-refractivity contribution >= 4 is 40.7 Å². The molecule has 1 amide bonds. The highest BCUT2D eigenvalue weighted by Gasteiger charge is 2.38. The molecule has 0 spiro atoms. The molecule has 1 aromatic carbocycles. The average Bonchev–Trinajstić information content (AvgIpc) is 3.10. The van der Waals surface area contributed by atoms with Gasteiger partial charge >= 0.3 is 5.97 Å². The number of thiophene rings is 1. The summed E-state index contributed by atoms with van der Waals surface area (Å²) >= 11 is 1.38. The van der Waals surface area contributed by atoms with E-state index in [0.29, 0.717) is 0 Å². The largest absolute Gasteiger partial charge is 0.480 e. The summed E-state index contributed by atoms with van der Waals surface area (Å²) in [6.45, 7) is 1.65. The highest BCUT2D eigenvalue weighted by molar-refractivity contribution is 7.10. The lowest BCUT2D eigenvalue weighted by Gasteiger charge is -2.33. The third kappa shape index (κ3) is 3.16. The zero-order valence-electron chi connectivity index (χ0n) is 13.6. The van der Waals surface area contributed by atoms with Crippen molar-refractivity contribution in [3.05, 3.63) is 56.5 Å². The molecule has 8 nitrogen and oxygen atoms in total. The third-order valence-corrected chi connectivity index (χ3v) is 4.68. The number of nitro groups is 1. The molecule has 26 heavy (non-hydrogen) atoms. The first-order chi connectivity index (χ1) is 12.4. The van der Waals surface area contributed by atoms with Crippen LogP contribution in [0, 0.1) is 10.1 Å². The maximum absolute atomic E-state index is 12.9. The van der Waals surface area contributed by atoms with Gasteiger partial charge in [0.2, 0.25) is 0 Å². The number of carboxylic acid groups (broad SMARTS) is 1. The Balaban J connectivity index is 2.15. The second-order valence-electron chi connectivity index (χ2n) is 5.47. The molecule has 0 aliphatic carbocycles. The zero-order chi connectivity index (χ0) is 18.8. The van der Waals surface area contributed by atoms with Gasteiger partial charge < -0.3 is 9.84 Å². The van der Waals surface area contributed by atoms with Gasteiger partial charge in [-0.1, -0.05) is 13.0 Å². The van der Waals surface area contributed by atoms with Crippen LogP contribution in [0.1, 0.15) is 18.2 Å². The van der Waals surface area contributed by atoms with Crippen LogP contribution in [0.3, 0.4) is 0 Å². The molecule has 0 bridgehead atoms. The van der Waals surface area contributed by atoms with Gasteiger partial charge in [-0.25, -0.2) is 4.79 Å². The van der Waals surface area contributed by atoms with E-state index in [1.165, 1.54) is 35.6 Å². The number of hydrogen-bond acceptors (Lipinski definition) is 6. The first-order valence-electron chi connectivity index (χ1n) is 7.70. The highest BCUT2D eigenvalue weighted by atomic mass is 32.1. The Morgan fingerprint density at radius 3 is 2.81 bits per heavy atom. The van der Waals surface area contributed by atoms with Crippen molar-refractivity contribution in [3.8, 4) is 5.75 Å². The van der Waals surface area contributed by atoms with Gasteiger partial charge in [0.15, 0.2) is 11.5 Å². The minimum atomic E-state index is -1.16. The number of rotatable bonds is 5. The summed E-state index contributed by atoms with van der Waals surface area (Å²) in [5, 5.41) is 22.3. The van der Waals surface area contributed by atoms with Crippen LogP contribution >= 0.6 is 11.3 Å². The number of nitrogens with zero attached hydrogens (tertiary/aromatic N) is 2. The van der Waals surface area contributed by atoms with Crippen LogP contribution in [-0.4, -0.2) is 27.9 Å². The van der Waals surface area contributed by atoms with E-state index in [9.17, 15) is 24.8 Å². The molecule has 0 fully saturated rings. The summed E-state index contributed by atoms with van der Waals surface area (Å²) in [5.74, 6) is -1.78. The Hall–Kier alpha value is -3.20. The van der Waals surface area contributed by atoms with Gasteiger partial charge in [-0.2, -0.15) is 0 Å². The lowest BCUT2D eigenvalue weighted by molar-refractivity contribution is -0.384. The third-order valence-electron chi connectivity index (χ3n) is 3.86. The Bertz CT molecular complexity index is 906. The number of carbonyl (C=O) groups is 2. The van der Waals surface area contributed by atoms with Crippen LogP contribution in [0.2, 0.25) is 0 Å². The number of anilines is 1. The predicted molar refractivity (Wildman–Crippen MR) is 95.2 cm³/mol. The topological polar surface area (TPSA) is 110 Å². The van der Waals surface area contributed by atoms with E-state index < -0.39 is 22.8 Å². The first-order valence-corrected chi connectivity index (χ1v) is 8.58. The molecule has 2 aromatic rings. The second-order valence-corrected chi connectivity index (χ2v) is 6.45. The molecule has 0 radical (unpaired) electrons. The molecule has 1 atom stereocenters. The number of benzene rings is 1. The predicted octanol–water partition coefficient (Wildman–Crippen LogP) is 3.29. The van der Waals surface area contributed by atoms with Gasteiger partial charge in [0.1, 0.15) is 6.04 Å². The molecular formula is C17H14N2O6S. The van der Waals surface area contributed by atoms with Crippen LogP contribution in [0.4, 0.5) is 11.4 Å². The summed E-state index contributed by atoms with van der Waals surface area (Å²) in [4.78, 5) is 36.8. The Kier molecular flexibility index (Phi) is 4.72. The summed E-state index contributed by atoms with van der Waals surface area (Å²) in [6.07, 6.45) is 1.67. The number of amides is 1. The monoisotopic (exact) mass is 374 g/mol. The van der Waals surface area contributed by atoms with E-state index in [-0.39, 0.29) is 29.3 Å². The van der Waals surface area contributed by atoms with Crippen LogP contribution in [0.15, 0.2) is 41.5 Å². The number of aliphatic carboxylic acids is 1. The van der Waals surface area contributed by atoms with Gasteiger partial charge in [-0.05, 0) is 23.9 Å². The van der Waals surface area contributed by atoms with Crippen LogP contribution in [-0.2, 0) is 9.59 Å². The first kappa shape index (κ1) is 17.6. The van der Waals surface area contributed by atoms with Gasteiger partial charge in [-0.3, -0.25) is 19.8 Å². The van der Waals surface area contributed by atoms with Gasteiger partial charge in [-0.15, -0.1) is 11.3 Å². The Morgan fingerprint density at radius 1 is 1.46 bits per heavy atom. The van der Waals surface area contributed by atoms with Crippen LogP contribution in [0.5, 0.6) is 5.75 Å². The fourth-order valence-electron chi connectivity index (χ4n) is 2.66. The lowest BCUT2D eigenvalue weighted by atomic mass is 10.1. The smallest absolute Gasteiger partial charge is 0.326 e. The molecule has 9 heteroatoms. The normalized spacial score (nSPS) is 16.1. The summed E-state index contributed by atoms with van der Waals surface area (Å²) < 4.78 is 5.59. The fourth-order valence-corrected chi connectivity index (χ4v) is 3.30. The maximum Gasteiger partial charge on any atom is 0.326 e. The van der Waals surface area contributed by atoms with Crippen molar-refractivity contribution in [3.63, 3.8) is 0 Å². The van der Waals surface area contributed by atoms with Crippen molar-refractivity contribution < 1.29 is 24.4 Å². The molecular weight excluding hydrogens is 360 g/mol. The van der Waals surface area contributed by atoms with Crippen molar-refractivity contribution in [2.75, 3.05) is 4.90 Å². The number of carboxylic acids is 1. The van der Waals surface area contributed by atoms with Crippen LogP contribution in [0.25, 0.3) is 6.08 Å². The Labute approximate surface area is 152 Å². The number of carbonyl (C=O) groups excluding carboxylic acids is 1. The molecule has 1 aromatic heterocycles. The number of non-ortho nitro benzene ring substituents is 1. The summed E-state index contributed by atoms with van der Waals surface area (Å²) in [5.41, 5.74) is -0.0184. The van der Waals surface area contributed by atoms with Gasteiger partial charge in [0.05, 0.1) is 16.7 Å². The van der Waals surface area contributed by atoms with E-state index in [2.05, 4.69) is 0 Å². The van der Waals surface area contributed by atoms with Crippen molar-refractivity contribution in [1.29, 1.82) is 0 Å². The molecule has 134 valence electrons. The van der Waals surface area contributed by atoms with E-state index in [4.69, 9.17) is 4.74 Å². The second kappa shape index (κ2) is 6.96. The van der Waals surface area contributed by atoms with E-state index >= 15 is 0 Å². The van der Waals surface area contributed by atoms with Crippen LogP contribution < -0.4 is 9.64 Å². The Morgan fingerprint density at radius 2 is 2.23 bits per heavy atom. The lowest BCUT2D eigenvalue weighted by Crippen LogP contribution is -2.48.